The van der Waals surface area contributed by atoms with Crippen molar-refractivity contribution >= 4 is 34.9 Å². The second-order valence-corrected chi connectivity index (χ2v) is 8.78. The van der Waals surface area contributed by atoms with Crippen molar-refractivity contribution in [1.29, 1.82) is 0 Å². The van der Waals surface area contributed by atoms with Gasteiger partial charge in [-0.3, -0.25) is 14.5 Å². The number of nitrogens with zero attached hydrogens (tertiary/aromatic N) is 2. The minimum atomic E-state index is -0.394. The fraction of sp³-hybridized carbons (Fsp3) is 0.423. The molecule has 2 aliphatic rings. The van der Waals surface area contributed by atoms with Crippen molar-refractivity contribution < 1.29 is 26.8 Å². The Morgan fingerprint density at radius 2 is 1.62 bits per heavy atom. The topological polar surface area (TPSA) is 81.8 Å². The summed E-state index contributed by atoms with van der Waals surface area (Å²) >= 11 is 0. The number of imide groups is 1. The van der Waals surface area contributed by atoms with E-state index in [1.165, 1.54) is 4.90 Å². The zero-order valence-corrected chi connectivity index (χ0v) is 20.7. The summed E-state index contributed by atoms with van der Waals surface area (Å²) in [5, 5.41) is 5.67. The highest BCUT2D eigenvalue weighted by Gasteiger charge is 2.40. The van der Waals surface area contributed by atoms with E-state index in [-0.39, 0.29) is 30.3 Å². The van der Waals surface area contributed by atoms with Crippen molar-refractivity contribution in [2.75, 3.05) is 28.6 Å². The minimum absolute atomic E-state index is 0. The van der Waals surface area contributed by atoms with E-state index in [0.29, 0.717) is 16.8 Å². The van der Waals surface area contributed by atoms with E-state index in [9.17, 15) is 14.4 Å². The molecule has 2 aromatic carbocycles. The van der Waals surface area contributed by atoms with E-state index >= 15 is 0 Å². The number of halogens is 1. The van der Waals surface area contributed by atoms with Crippen LogP contribution < -0.4 is 27.9 Å². The van der Waals surface area contributed by atoms with Gasteiger partial charge in [-0.2, -0.15) is 0 Å². The Balaban J connectivity index is 0.00000324. The zero-order valence-electron chi connectivity index (χ0n) is 20.0. The molecule has 4 rings (SSSR count). The predicted molar refractivity (Wildman–Crippen MR) is 131 cm³/mol. The number of hydrogen-bond donors (Lipinski definition) is 2. The molecule has 34 heavy (non-hydrogen) atoms. The first-order valence-electron chi connectivity index (χ1n) is 11.9. The second-order valence-electron chi connectivity index (χ2n) is 8.78. The number of urea groups is 1. The van der Waals surface area contributed by atoms with Gasteiger partial charge in [0.2, 0.25) is 0 Å². The Hall–Kier alpha value is -3.06. The lowest BCUT2D eigenvalue weighted by Crippen LogP contribution is -3.00. The average molecular weight is 484 g/mol. The van der Waals surface area contributed by atoms with E-state index in [1.54, 1.807) is 18.2 Å². The van der Waals surface area contributed by atoms with E-state index in [1.807, 2.05) is 19.1 Å². The summed E-state index contributed by atoms with van der Waals surface area (Å²) in [6, 6.07) is 10.5. The summed E-state index contributed by atoms with van der Waals surface area (Å²) in [6.07, 6.45) is 4.97. The SMILES string of the molecule is CCN(CC)c1ccc(NC(=O)Nc2ccc3c(c2)C(=O)N(C2CCCCC2)C3=O)c(C)c1.[Cl-]. The Morgan fingerprint density at radius 3 is 2.26 bits per heavy atom. The molecule has 0 atom stereocenters. The third-order valence-corrected chi connectivity index (χ3v) is 6.70. The number of aryl methyl sites for hydroxylation is 1. The summed E-state index contributed by atoms with van der Waals surface area (Å²) in [7, 11) is 0. The number of anilines is 3. The first kappa shape index (κ1) is 25.6. The van der Waals surface area contributed by atoms with Crippen molar-refractivity contribution in [2.24, 2.45) is 0 Å². The number of carbonyl (C=O) groups is 3. The van der Waals surface area contributed by atoms with Crippen molar-refractivity contribution in [2.45, 2.75) is 58.9 Å². The molecule has 1 heterocycles. The number of fused-ring (bicyclic) bond motifs is 1. The number of hydrogen-bond acceptors (Lipinski definition) is 4. The molecular weight excluding hydrogens is 452 g/mol. The van der Waals surface area contributed by atoms with Crippen LogP contribution in [-0.4, -0.2) is 41.9 Å². The van der Waals surface area contributed by atoms with Crippen molar-refractivity contribution in [3.8, 4) is 0 Å². The van der Waals surface area contributed by atoms with Gasteiger partial charge in [0.05, 0.1) is 11.1 Å². The summed E-state index contributed by atoms with van der Waals surface area (Å²) in [6.45, 7) is 8.02. The minimum Gasteiger partial charge on any atom is -1.00 e. The maximum Gasteiger partial charge on any atom is 0.323 e. The Bertz CT molecular complexity index is 1080. The van der Waals surface area contributed by atoms with Crippen LogP contribution in [0.5, 0.6) is 0 Å². The van der Waals surface area contributed by atoms with Crippen LogP contribution in [-0.2, 0) is 0 Å². The Morgan fingerprint density at radius 1 is 0.941 bits per heavy atom. The zero-order chi connectivity index (χ0) is 23.5. The monoisotopic (exact) mass is 483 g/mol. The summed E-state index contributed by atoms with van der Waals surface area (Å²) in [5.74, 6) is -0.476. The highest BCUT2D eigenvalue weighted by Crippen LogP contribution is 2.32. The molecule has 1 saturated carbocycles. The van der Waals surface area contributed by atoms with E-state index < -0.39 is 6.03 Å². The van der Waals surface area contributed by atoms with E-state index in [2.05, 4.69) is 35.4 Å². The number of carbonyl (C=O) groups excluding carboxylic acids is 3. The molecule has 182 valence electrons. The van der Waals surface area contributed by atoms with Crippen LogP contribution in [0.1, 0.15) is 72.2 Å². The lowest BCUT2D eigenvalue weighted by Gasteiger charge is -2.29. The highest BCUT2D eigenvalue weighted by atomic mass is 35.5. The predicted octanol–water partition coefficient (Wildman–Crippen LogP) is 2.42. The van der Waals surface area contributed by atoms with Crippen LogP contribution in [0, 0.1) is 6.92 Å². The van der Waals surface area contributed by atoms with Gasteiger partial charge in [0.25, 0.3) is 11.8 Å². The van der Waals surface area contributed by atoms with Gasteiger partial charge in [-0.15, -0.1) is 0 Å². The Labute approximate surface area is 207 Å². The summed E-state index contributed by atoms with van der Waals surface area (Å²) in [4.78, 5) is 42.1. The largest absolute Gasteiger partial charge is 1.00 e. The number of nitrogens with one attached hydrogen (secondary N) is 2. The molecule has 8 heteroatoms. The molecule has 2 aromatic rings. The van der Waals surface area contributed by atoms with Gasteiger partial charge >= 0.3 is 6.03 Å². The van der Waals surface area contributed by atoms with E-state index in [4.69, 9.17) is 0 Å². The summed E-state index contributed by atoms with van der Waals surface area (Å²) in [5.41, 5.74) is 4.07. The number of benzene rings is 2. The Kier molecular flexibility index (Phi) is 8.20. The third-order valence-electron chi connectivity index (χ3n) is 6.70. The van der Waals surface area contributed by atoms with Gasteiger partial charge in [-0.25, -0.2) is 4.79 Å². The maximum absolute atomic E-state index is 13.0. The smallest absolute Gasteiger partial charge is 0.323 e. The van der Waals surface area contributed by atoms with Crippen LogP contribution in [0.3, 0.4) is 0 Å². The van der Waals surface area contributed by atoms with Crippen molar-refractivity contribution in [1.82, 2.24) is 4.90 Å². The average Bonchev–Trinajstić information content (AvgIpc) is 3.06. The normalized spacial score (nSPS) is 15.6. The molecule has 0 radical (unpaired) electrons. The lowest BCUT2D eigenvalue weighted by molar-refractivity contribution is -0.0000375. The van der Waals surface area contributed by atoms with Crippen LogP contribution >= 0.6 is 0 Å². The van der Waals surface area contributed by atoms with Crippen LogP contribution in [0.15, 0.2) is 36.4 Å². The first-order valence-corrected chi connectivity index (χ1v) is 11.9. The highest BCUT2D eigenvalue weighted by molar-refractivity contribution is 6.22. The van der Waals surface area contributed by atoms with E-state index in [0.717, 1.165) is 62.1 Å². The number of amides is 4. The second kappa shape index (κ2) is 10.9. The standard InChI is InChI=1S/C26H32N4O3.ClH/c1-4-29(5-2)20-12-14-23(17(3)15-20)28-26(33)27-18-11-13-21-22(16-18)25(32)30(24(21)31)19-9-7-6-8-10-19;/h11-16,19H,4-10H2,1-3H3,(H2,27,28,33);1H/p-1. The van der Waals surface area contributed by atoms with Crippen molar-refractivity contribution in [3.63, 3.8) is 0 Å². The molecule has 1 aliphatic carbocycles. The molecule has 1 fully saturated rings. The van der Waals surface area contributed by atoms with Crippen LogP contribution in [0.2, 0.25) is 0 Å². The first-order chi connectivity index (χ1) is 15.9. The van der Waals surface area contributed by atoms with Gasteiger partial charge in [0, 0.05) is 36.2 Å². The molecule has 0 spiro atoms. The lowest BCUT2D eigenvalue weighted by atomic mass is 9.94. The molecule has 0 bridgehead atoms. The van der Waals surface area contributed by atoms with Crippen LogP contribution in [0.4, 0.5) is 21.9 Å². The van der Waals surface area contributed by atoms with Gasteiger partial charge in [0.1, 0.15) is 0 Å². The molecule has 2 N–H and O–H groups in total. The molecule has 0 saturated heterocycles. The van der Waals surface area contributed by atoms with Crippen molar-refractivity contribution in [3.05, 3.63) is 53.1 Å². The van der Waals surface area contributed by atoms with Gasteiger partial charge < -0.3 is 27.9 Å². The molecular formula is C26H32ClN4O3-. The fourth-order valence-electron chi connectivity index (χ4n) is 4.87. The molecule has 7 nitrogen and oxygen atoms in total. The quantitative estimate of drug-likeness (QED) is 0.618. The number of rotatable bonds is 6. The van der Waals surface area contributed by atoms with Crippen LogP contribution in [0.25, 0.3) is 0 Å². The van der Waals surface area contributed by atoms with Gasteiger partial charge in [-0.05, 0) is 75.6 Å². The van der Waals surface area contributed by atoms with Gasteiger partial charge in [0.15, 0.2) is 0 Å². The third kappa shape index (κ3) is 5.04. The molecule has 0 aromatic heterocycles. The summed E-state index contributed by atoms with van der Waals surface area (Å²) < 4.78 is 0. The fourth-order valence-corrected chi connectivity index (χ4v) is 4.87. The van der Waals surface area contributed by atoms with Gasteiger partial charge in [-0.1, -0.05) is 19.3 Å². The maximum atomic E-state index is 13.0. The molecule has 4 amide bonds. The molecule has 1 aliphatic heterocycles. The molecule has 0 unspecified atom stereocenters.